The number of esters is 2. The van der Waals surface area contributed by atoms with Crippen LogP contribution in [0, 0.1) is 0 Å². The minimum absolute atomic E-state index is 0.111. The first-order valence-electron chi connectivity index (χ1n) is 29.9. The molecule has 486 valence electrons. The van der Waals surface area contributed by atoms with Gasteiger partial charge in [-0.15, -0.1) is 0 Å². The number of benzene rings is 4. The van der Waals surface area contributed by atoms with E-state index in [0.29, 0.717) is 82.2 Å². The molecule has 4 aromatic carbocycles. The zero-order valence-corrected chi connectivity index (χ0v) is 51.9. The molecule has 29 nitrogen and oxygen atoms in total. The number of fused-ring (bicyclic) bond motifs is 20. The second-order valence-electron chi connectivity index (χ2n) is 20.5. The Morgan fingerprint density at radius 2 is 0.945 bits per heavy atom. The van der Waals surface area contributed by atoms with Crippen LogP contribution in [0.1, 0.15) is 97.1 Å². The van der Waals surface area contributed by atoms with E-state index in [1.165, 1.54) is 27.3 Å². The molecule has 0 spiro atoms. The summed E-state index contributed by atoms with van der Waals surface area (Å²) in [7, 11) is 5.23. The quantitative estimate of drug-likeness (QED) is 0.0513. The van der Waals surface area contributed by atoms with Crippen molar-refractivity contribution in [3.8, 4) is 35.0 Å². The summed E-state index contributed by atoms with van der Waals surface area (Å²) in [5, 5.41) is 20.2. The van der Waals surface area contributed by atoms with Crippen LogP contribution in [-0.2, 0) is 41.7 Å². The molecular formula is C62H79N15O14. The molecule has 0 saturated carbocycles. The Bertz CT molecular complexity index is 3380. The lowest BCUT2D eigenvalue weighted by Gasteiger charge is -2.19. The van der Waals surface area contributed by atoms with Crippen molar-refractivity contribution in [3.63, 3.8) is 0 Å². The van der Waals surface area contributed by atoms with Gasteiger partial charge in [0.2, 0.25) is 23.8 Å². The Hall–Kier alpha value is -10.3. The van der Waals surface area contributed by atoms with Crippen LogP contribution in [0.4, 0.5) is 35.2 Å². The molecule has 9 N–H and O–H groups in total. The summed E-state index contributed by atoms with van der Waals surface area (Å²) < 4.78 is 44.6. The van der Waals surface area contributed by atoms with Crippen LogP contribution >= 0.6 is 0 Å². The second kappa shape index (κ2) is 35.6. The highest BCUT2D eigenvalue weighted by molar-refractivity contribution is 6.34. The average Bonchev–Trinajstić information content (AvgIpc) is 1.29. The van der Waals surface area contributed by atoms with Gasteiger partial charge in [-0.25, -0.2) is 9.59 Å². The molecule has 0 saturated heterocycles. The van der Waals surface area contributed by atoms with Gasteiger partial charge in [0, 0.05) is 63.8 Å². The van der Waals surface area contributed by atoms with E-state index in [0.717, 1.165) is 79.6 Å². The summed E-state index contributed by atoms with van der Waals surface area (Å²) >= 11 is 0. The monoisotopic (exact) mass is 1260 g/mol. The van der Waals surface area contributed by atoms with Crippen molar-refractivity contribution in [1.82, 2.24) is 50.8 Å². The normalized spacial score (nSPS) is 14.1. The molecule has 4 aliphatic rings. The molecule has 2 aromatic heterocycles. The lowest BCUT2D eigenvalue weighted by molar-refractivity contribution is -0.145. The summed E-state index contributed by atoms with van der Waals surface area (Å²) in [6, 6.07) is 23.4. The van der Waals surface area contributed by atoms with E-state index in [1.807, 2.05) is 62.4 Å². The molecule has 4 aliphatic heterocycles. The van der Waals surface area contributed by atoms with Gasteiger partial charge in [0.05, 0.1) is 65.0 Å². The molecule has 10 rings (SSSR count). The number of amides is 4. The number of carbonyl (C=O) groups excluding carboxylic acids is 6. The fraction of sp³-hybridized carbons (Fsp3) is 0.419. The van der Waals surface area contributed by atoms with E-state index < -0.39 is 47.7 Å². The van der Waals surface area contributed by atoms with Crippen LogP contribution in [0.15, 0.2) is 84.9 Å². The Morgan fingerprint density at radius 3 is 1.35 bits per heavy atom. The number of likely N-dealkylation sites (N-methyl/N-ethyl adjacent to an activating group) is 1. The SMILES string of the molecule is CCOc1nc2nc(n1)Nc1ccc(C(=O)N[C@@H](CN)C(=O)OC)c(c1)OCCCCCCOc1ccc(cc1)CN2.CCOc1nc2nc(n1)Nc1ccc(C(=O)N[C@@H](CNC(=O)C(=O)N(C)C)C(=O)OC)c(c1)OCCCCCCOc1ccc(cc1)CN2. The zero-order chi connectivity index (χ0) is 64.9. The Kier molecular flexibility index (Phi) is 26.7. The lowest BCUT2D eigenvalue weighted by atomic mass is 10.1. The van der Waals surface area contributed by atoms with Crippen LogP contribution in [-0.4, -0.2) is 164 Å². The molecule has 12 bridgehead atoms. The van der Waals surface area contributed by atoms with Gasteiger partial charge in [0.15, 0.2) is 0 Å². The number of hydrogen-bond acceptors (Lipinski definition) is 25. The van der Waals surface area contributed by atoms with Gasteiger partial charge >= 0.3 is 35.8 Å². The number of nitrogens with one attached hydrogen (secondary N) is 7. The maximum atomic E-state index is 13.5. The van der Waals surface area contributed by atoms with Crippen molar-refractivity contribution >= 4 is 70.7 Å². The number of methoxy groups -OCH3 is 2. The summed E-state index contributed by atoms with van der Waals surface area (Å²) in [4.78, 5) is 103. The van der Waals surface area contributed by atoms with E-state index in [2.05, 4.69) is 67.1 Å². The summed E-state index contributed by atoms with van der Waals surface area (Å²) in [6.45, 7) is 6.71. The van der Waals surface area contributed by atoms with Crippen molar-refractivity contribution < 1.29 is 66.7 Å². The molecule has 2 atom stereocenters. The fourth-order valence-electron chi connectivity index (χ4n) is 8.71. The highest BCUT2D eigenvalue weighted by Crippen LogP contribution is 2.29. The summed E-state index contributed by atoms with van der Waals surface area (Å²) in [5.74, 6) is -1.19. The number of anilines is 6. The minimum Gasteiger partial charge on any atom is -0.494 e. The number of hydrogen-bond donors (Lipinski definition) is 8. The van der Waals surface area contributed by atoms with E-state index >= 15 is 0 Å². The molecule has 0 unspecified atom stereocenters. The number of aromatic nitrogens is 6. The smallest absolute Gasteiger partial charge is 0.330 e. The van der Waals surface area contributed by atoms with E-state index in [1.54, 1.807) is 30.3 Å². The number of nitrogens with two attached hydrogens (primary N) is 1. The second-order valence-corrected chi connectivity index (χ2v) is 20.5. The molecule has 6 aromatic rings. The predicted octanol–water partition coefficient (Wildman–Crippen LogP) is 5.62. The largest absolute Gasteiger partial charge is 0.494 e. The highest BCUT2D eigenvalue weighted by Gasteiger charge is 2.28. The molecule has 4 amide bonds. The number of rotatable bonds is 13. The Balaban J connectivity index is 0.000000261. The van der Waals surface area contributed by atoms with Crippen molar-refractivity contribution in [3.05, 3.63) is 107 Å². The van der Waals surface area contributed by atoms with Crippen molar-refractivity contribution in [2.75, 3.05) is 102 Å². The topological polar surface area (TPSA) is 367 Å². The molecule has 29 heteroatoms. The predicted molar refractivity (Wildman–Crippen MR) is 335 cm³/mol. The number of nitrogens with zero attached hydrogens (tertiary/aromatic N) is 7. The molecule has 0 fully saturated rings. The number of ether oxygens (including phenoxy) is 8. The van der Waals surface area contributed by atoms with Gasteiger partial charge in [0.1, 0.15) is 35.1 Å². The Morgan fingerprint density at radius 1 is 0.538 bits per heavy atom. The van der Waals surface area contributed by atoms with Gasteiger partial charge in [-0.3, -0.25) is 19.2 Å². The third kappa shape index (κ3) is 21.8. The van der Waals surface area contributed by atoms with Crippen LogP contribution in [0.2, 0.25) is 0 Å². The summed E-state index contributed by atoms with van der Waals surface area (Å²) in [6.07, 6.45) is 6.96. The molecule has 0 aliphatic carbocycles. The van der Waals surface area contributed by atoms with Crippen LogP contribution in [0.3, 0.4) is 0 Å². The van der Waals surface area contributed by atoms with Crippen LogP contribution in [0.5, 0.6) is 35.0 Å². The molecule has 0 radical (unpaired) electrons. The van der Waals surface area contributed by atoms with Gasteiger partial charge in [-0.05, 0) is 125 Å². The van der Waals surface area contributed by atoms with Crippen molar-refractivity contribution in [2.45, 2.75) is 90.4 Å². The maximum Gasteiger partial charge on any atom is 0.330 e. The van der Waals surface area contributed by atoms with Crippen molar-refractivity contribution in [1.29, 1.82) is 0 Å². The van der Waals surface area contributed by atoms with Gasteiger partial charge in [0.25, 0.3) is 11.8 Å². The first-order valence-corrected chi connectivity index (χ1v) is 29.9. The van der Waals surface area contributed by atoms with E-state index in [4.69, 9.17) is 43.6 Å². The third-order valence-electron chi connectivity index (χ3n) is 13.5. The molecular weight excluding hydrogens is 1180 g/mol. The highest BCUT2D eigenvalue weighted by atomic mass is 16.5. The first-order chi connectivity index (χ1) is 44.1. The fourth-order valence-corrected chi connectivity index (χ4v) is 8.71. The lowest BCUT2D eigenvalue weighted by Crippen LogP contribution is -2.51. The number of carbonyl (C=O) groups is 6. The summed E-state index contributed by atoms with van der Waals surface area (Å²) in [5.41, 5.74) is 9.14. The molecule has 6 heterocycles. The minimum atomic E-state index is -1.29. The third-order valence-corrected chi connectivity index (χ3v) is 13.5. The maximum absolute atomic E-state index is 13.5. The molecule has 91 heavy (non-hydrogen) atoms. The average molecular weight is 1260 g/mol. The van der Waals surface area contributed by atoms with Crippen LogP contribution in [0.25, 0.3) is 0 Å². The van der Waals surface area contributed by atoms with Gasteiger partial charge < -0.3 is 85.7 Å². The van der Waals surface area contributed by atoms with Crippen LogP contribution < -0.4 is 71.4 Å². The van der Waals surface area contributed by atoms with E-state index in [9.17, 15) is 28.8 Å². The first kappa shape index (κ1) is 68.2. The van der Waals surface area contributed by atoms with Gasteiger partial charge in [-0.1, -0.05) is 24.3 Å². The van der Waals surface area contributed by atoms with Crippen molar-refractivity contribution in [2.24, 2.45) is 5.73 Å². The van der Waals surface area contributed by atoms with E-state index in [-0.39, 0.29) is 59.8 Å². The Labute approximate surface area is 527 Å². The van der Waals surface area contributed by atoms with Gasteiger partial charge in [-0.2, -0.15) is 29.9 Å². The zero-order valence-electron chi connectivity index (χ0n) is 51.9. The standard InChI is InChI=1S/C33H42N8O8.C29H37N7O6/c1-5-47-33-39-31-35-19-21-10-13-23(14-11-21)48-16-8-6-7-9-17-49-26-18-22(36-32(38-31)40-33)12-15-24(26)27(42)37-25(30(45)46-4)20-34-28(43)29(44)41(2)3;1-3-40-29-35-27-31-18-19-8-11-21(12-9-19)41-14-6-4-5-7-15-42-24-16-20(32-28(34-27)36-29)10-13-22(24)25(37)33-23(17-30)26(38)39-2/h10-15,18,25H,5-9,16-17,19-20H2,1-4H3,(H,34,43)(H,37,42)(H2,35,36,38,39,40);8-13,16,23H,3-7,14-15,17-18,30H2,1-2H3,(H,33,37)(H2,31,32,34,35,36)/t25-;23-/m00/s1.